The van der Waals surface area contributed by atoms with Crippen LogP contribution in [0, 0.1) is 0 Å². The van der Waals surface area contributed by atoms with Crippen LogP contribution in [-0.2, 0) is 9.59 Å². The van der Waals surface area contributed by atoms with Gasteiger partial charge in [-0.1, -0.05) is 23.7 Å². The van der Waals surface area contributed by atoms with E-state index >= 15 is 0 Å². The average molecular weight is 288 g/mol. The number of carbonyl (C=O) groups excluding carboxylic acids is 1. The number of amides is 1. The van der Waals surface area contributed by atoms with Crippen molar-refractivity contribution in [2.45, 2.75) is 24.3 Å². The second kappa shape index (κ2) is 6.66. The number of carbonyl (C=O) groups is 2. The number of aliphatic carboxylic acids is 1. The van der Waals surface area contributed by atoms with Crippen LogP contribution in [0.4, 0.5) is 5.69 Å². The van der Waals surface area contributed by atoms with Crippen molar-refractivity contribution in [2.75, 3.05) is 5.32 Å². The van der Waals surface area contributed by atoms with Gasteiger partial charge in [-0.05, 0) is 26.0 Å². The Morgan fingerprint density at radius 3 is 2.44 bits per heavy atom. The van der Waals surface area contributed by atoms with Gasteiger partial charge in [-0.3, -0.25) is 9.59 Å². The SMILES string of the molecule is CC(SC(C)C(=O)Nc1ccccc1Cl)C(=O)O. The summed E-state index contributed by atoms with van der Waals surface area (Å²) in [5.41, 5.74) is 0.527. The Morgan fingerprint density at radius 1 is 1.28 bits per heavy atom. The molecule has 1 amide bonds. The lowest BCUT2D eigenvalue weighted by Gasteiger charge is -2.14. The number of carboxylic acids is 1. The van der Waals surface area contributed by atoms with E-state index in [0.29, 0.717) is 10.7 Å². The highest BCUT2D eigenvalue weighted by molar-refractivity contribution is 8.01. The van der Waals surface area contributed by atoms with Gasteiger partial charge in [0.15, 0.2) is 0 Å². The van der Waals surface area contributed by atoms with Gasteiger partial charge in [0.05, 0.1) is 16.0 Å². The lowest BCUT2D eigenvalue weighted by molar-refractivity contribution is -0.136. The van der Waals surface area contributed by atoms with E-state index in [1.807, 2.05) is 0 Å². The molecule has 0 aromatic heterocycles. The maximum atomic E-state index is 11.8. The number of benzene rings is 1. The van der Waals surface area contributed by atoms with Gasteiger partial charge in [-0.2, -0.15) is 0 Å². The molecule has 1 aromatic rings. The van der Waals surface area contributed by atoms with E-state index in [1.54, 1.807) is 38.1 Å². The lowest BCUT2D eigenvalue weighted by atomic mass is 10.3. The molecule has 0 aliphatic heterocycles. The number of halogens is 1. The molecule has 0 spiro atoms. The molecule has 18 heavy (non-hydrogen) atoms. The molecule has 0 saturated heterocycles. The smallest absolute Gasteiger partial charge is 0.316 e. The zero-order chi connectivity index (χ0) is 13.7. The van der Waals surface area contributed by atoms with Gasteiger partial charge in [-0.15, -0.1) is 11.8 Å². The minimum Gasteiger partial charge on any atom is -0.480 e. The van der Waals surface area contributed by atoms with Crippen molar-refractivity contribution in [3.63, 3.8) is 0 Å². The Kier molecular flexibility index (Phi) is 5.50. The predicted molar refractivity (Wildman–Crippen MR) is 74.2 cm³/mol. The third kappa shape index (κ3) is 4.23. The molecule has 0 aliphatic rings. The van der Waals surface area contributed by atoms with Crippen LogP contribution >= 0.6 is 23.4 Å². The number of para-hydroxylation sites is 1. The highest BCUT2D eigenvalue weighted by Gasteiger charge is 2.21. The quantitative estimate of drug-likeness (QED) is 0.874. The van der Waals surface area contributed by atoms with Crippen molar-refractivity contribution in [1.82, 2.24) is 0 Å². The van der Waals surface area contributed by atoms with E-state index in [2.05, 4.69) is 5.32 Å². The third-order valence-corrected chi connectivity index (χ3v) is 3.82. The van der Waals surface area contributed by atoms with Gasteiger partial charge in [0, 0.05) is 0 Å². The van der Waals surface area contributed by atoms with Crippen molar-refractivity contribution in [2.24, 2.45) is 0 Å². The molecule has 0 bridgehead atoms. The van der Waals surface area contributed by atoms with Crippen LogP contribution in [0.2, 0.25) is 5.02 Å². The molecule has 0 fully saturated rings. The van der Waals surface area contributed by atoms with Gasteiger partial charge in [-0.25, -0.2) is 0 Å². The molecule has 2 atom stereocenters. The molecular formula is C12H14ClNO3S. The van der Waals surface area contributed by atoms with Crippen LogP contribution < -0.4 is 5.32 Å². The van der Waals surface area contributed by atoms with Crippen LogP contribution in [0.3, 0.4) is 0 Å². The largest absolute Gasteiger partial charge is 0.480 e. The summed E-state index contributed by atoms with van der Waals surface area (Å²) in [4.78, 5) is 22.5. The van der Waals surface area contributed by atoms with Gasteiger partial charge in [0.25, 0.3) is 0 Å². The highest BCUT2D eigenvalue weighted by Crippen LogP contribution is 2.23. The number of hydrogen-bond donors (Lipinski definition) is 2. The first-order valence-corrected chi connectivity index (χ1v) is 6.67. The summed E-state index contributed by atoms with van der Waals surface area (Å²) < 4.78 is 0. The zero-order valence-corrected chi connectivity index (χ0v) is 11.6. The number of thioether (sulfide) groups is 1. The second-order valence-electron chi connectivity index (χ2n) is 3.73. The van der Waals surface area contributed by atoms with Gasteiger partial charge in [0.2, 0.25) is 5.91 Å². The molecule has 2 N–H and O–H groups in total. The normalized spacial score (nSPS) is 13.7. The topological polar surface area (TPSA) is 66.4 Å². The molecule has 0 heterocycles. The molecule has 2 unspecified atom stereocenters. The Labute approximate surface area is 115 Å². The van der Waals surface area contributed by atoms with E-state index in [4.69, 9.17) is 16.7 Å². The standard InChI is InChI=1S/C12H14ClNO3S/c1-7(18-8(2)12(16)17)11(15)14-10-6-4-3-5-9(10)13/h3-8H,1-2H3,(H,14,15)(H,16,17). The monoisotopic (exact) mass is 287 g/mol. The van der Waals surface area contributed by atoms with E-state index < -0.39 is 16.5 Å². The molecule has 1 aromatic carbocycles. The van der Waals surface area contributed by atoms with Crippen molar-refractivity contribution >= 4 is 40.9 Å². The van der Waals surface area contributed by atoms with Crippen molar-refractivity contribution < 1.29 is 14.7 Å². The Hall–Kier alpha value is -1.20. The predicted octanol–water partition coefficient (Wildman–Crippen LogP) is 2.87. The summed E-state index contributed by atoms with van der Waals surface area (Å²) in [6, 6.07) is 6.90. The maximum absolute atomic E-state index is 11.8. The summed E-state index contributed by atoms with van der Waals surface area (Å²) in [5.74, 6) is -1.20. The number of anilines is 1. The minimum atomic E-state index is -0.933. The van der Waals surface area contributed by atoms with E-state index in [9.17, 15) is 9.59 Å². The number of rotatable bonds is 5. The van der Waals surface area contributed by atoms with Crippen LogP contribution in [0.25, 0.3) is 0 Å². The van der Waals surface area contributed by atoms with Gasteiger partial charge in [0.1, 0.15) is 5.25 Å². The molecular weight excluding hydrogens is 274 g/mol. The maximum Gasteiger partial charge on any atom is 0.316 e. The zero-order valence-electron chi connectivity index (χ0n) is 10.0. The molecule has 4 nitrogen and oxygen atoms in total. The average Bonchev–Trinajstić information content (AvgIpc) is 2.31. The summed E-state index contributed by atoms with van der Waals surface area (Å²) in [5, 5.41) is 10.8. The first-order chi connectivity index (χ1) is 8.41. The van der Waals surface area contributed by atoms with Gasteiger partial charge < -0.3 is 10.4 Å². The number of carboxylic acid groups (broad SMARTS) is 1. The number of nitrogens with one attached hydrogen (secondary N) is 1. The fourth-order valence-corrected chi connectivity index (χ4v) is 2.32. The summed E-state index contributed by atoms with van der Waals surface area (Å²) in [7, 11) is 0. The van der Waals surface area contributed by atoms with Crippen LogP contribution in [0.15, 0.2) is 24.3 Å². The lowest BCUT2D eigenvalue weighted by Crippen LogP contribution is -2.26. The molecule has 1 rings (SSSR count). The first kappa shape index (κ1) is 14.9. The van der Waals surface area contributed by atoms with Crippen LogP contribution in [-0.4, -0.2) is 27.5 Å². The molecule has 98 valence electrons. The summed E-state index contributed by atoms with van der Waals surface area (Å²) in [6.07, 6.45) is 0. The number of hydrogen-bond acceptors (Lipinski definition) is 3. The van der Waals surface area contributed by atoms with Crippen LogP contribution in [0.1, 0.15) is 13.8 Å². The molecule has 6 heteroatoms. The molecule has 0 saturated carbocycles. The van der Waals surface area contributed by atoms with E-state index in [-0.39, 0.29) is 5.91 Å². The van der Waals surface area contributed by atoms with Crippen molar-refractivity contribution in [3.05, 3.63) is 29.3 Å². The van der Waals surface area contributed by atoms with Crippen molar-refractivity contribution in [1.29, 1.82) is 0 Å². The Morgan fingerprint density at radius 2 is 1.89 bits per heavy atom. The summed E-state index contributed by atoms with van der Waals surface area (Å²) >= 11 is 7.00. The van der Waals surface area contributed by atoms with E-state index in [1.165, 1.54) is 0 Å². The second-order valence-corrected chi connectivity index (χ2v) is 5.82. The highest BCUT2D eigenvalue weighted by atomic mass is 35.5. The first-order valence-electron chi connectivity index (χ1n) is 5.35. The minimum absolute atomic E-state index is 0.263. The summed E-state index contributed by atoms with van der Waals surface area (Å²) in [6.45, 7) is 3.21. The Balaban J connectivity index is 2.61. The van der Waals surface area contributed by atoms with Crippen LogP contribution in [0.5, 0.6) is 0 Å². The Bertz CT molecular complexity index is 453. The van der Waals surface area contributed by atoms with Gasteiger partial charge >= 0.3 is 5.97 Å². The van der Waals surface area contributed by atoms with Crippen molar-refractivity contribution in [3.8, 4) is 0 Å². The fourth-order valence-electron chi connectivity index (χ4n) is 1.22. The fraction of sp³-hybridized carbons (Fsp3) is 0.333. The molecule has 0 radical (unpaired) electrons. The molecule has 0 aliphatic carbocycles. The van der Waals surface area contributed by atoms with E-state index in [0.717, 1.165) is 11.8 Å². The third-order valence-electron chi connectivity index (χ3n) is 2.26.